The third-order valence-corrected chi connectivity index (χ3v) is 1.15. The van der Waals surface area contributed by atoms with Crippen molar-refractivity contribution in [1.82, 2.24) is 0 Å². The van der Waals surface area contributed by atoms with E-state index in [4.69, 9.17) is 0 Å². The van der Waals surface area contributed by atoms with Gasteiger partial charge in [0.25, 0.3) is 0 Å². The summed E-state index contributed by atoms with van der Waals surface area (Å²) < 4.78 is 4.68. The maximum atomic E-state index is 4.68. The largest absolute Gasteiger partial charge is 0.422 e. The minimum Gasteiger partial charge on any atom is -0.422 e. The minimum absolute atomic E-state index is 1.08. The highest BCUT2D eigenvalue weighted by atomic mass is 32.2. The van der Waals surface area contributed by atoms with E-state index in [0.29, 0.717) is 0 Å². The second-order valence-electron chi connectivity index (χ2n) is 1.02. The van der Waals surface area contributed by atoms with Crippen molar-refractivity contribution in [3.05, 3.63) is 12.3 Å². The van der Waals surface area contributed by atoms with Gasteiger partial charge >= 0.3 is 0 Å². The Labute approximate surface area is 41.6 Å². The van der Waals surface area contributed by atoms with Crippen LogP contribution in [-0.2, 0) is 4.18 Å². The van der Waals surface area contributed by atoms with Crippen LogP contribution >= 0.6 is 12.0 Å². The molecule has 0 fully saturated rings. The van der Waals surface area contributed by atoms with Gasteiger partial charge in [0.05, 0.1) is 12.0 Å². The summed E-state index contributed by atoms with van der Waals surface area (Å²) in [5.41, 5.74) is 0. The molecule has 1 aliphatic rings. The Morgan fingerprint density at radius 3 is 3.00 bits per heavy atom. The van der Waals surface area contributed by atoms with Gasteiger partial charge in [-0.05, 0) is 12.5 Å². The molecule has 0 saturated carbocycles. The van der Waals surface area contributed by atoms with Crippen LogP contribution in [-0.4, -0.2) is 5.75 Å². The Kier molecular flexibility index (Phi) is 1.44. The first-order valence-corrected chi connectivity index (χ1v) is 2.77. The molecule has 0 aliphatic carbocycles. The second kappa shape index (κ2) is 2.13. The van der Waals surface area contributed by atoms with E-state index in [1.807, 2.05) is 6.08 Å². The third-order valence-electron chi connectivity index (χ3n) is 0.536. The summed E-state index contributed by atoms with van der Waals surface area (Å²) in [6, 6.07) is 0. The molecule has 0 aromatic heterocycles. The lowest BCUT2D eigenvalue weighted by atomic mass is 10.5. The van der Waals surface area contributed by atoms with Gasteiger partial charge in [0.2, 0.25) is 0 Å². The van der Waals surface area contributed by atoms with Gasteiger partial charge in [0.15, 0.2) is 6.26 Å². The zero-order valence-electron chi connectivity index (χ0n) is 3.31. The average Bonchev–Trinajstić information content (AvgIpc) is 1.72. The first kappa shape index (κ1) is 4.06. The predicted molar refractivity (Wildman–Crippen MR) is 26.0 cm³/mol. The van der Waals surface area contributed by atoms with Crippen LogP contribution in [0.1, 0.15) is 6.42 Å². The van der Waals surface area contributed by atoms with Gasteiger partial charge in [0, 0.05) is 5.75 Å². The molecule has 2 heteroatoms. The molecule has 1 aliphatic heterocycles. The Morgan fingerprint density at radius 1 is 1.83 bits per heavy atom. The summed E-state index contributed by atoms with van der Waals surface area (Å²) >= 11 is 1.45. The minimum atomic E-state index is 1.08. The summed E-state index contributed by atoms with van der Waals surface area (Å²) in [5.74, 6) is 1.08. The lowest BCUT2D eigenvalue weighted by molar-refractivity contribution is 0.521. The summed E-state index contributed by atoms with van der Waals surface area (Å²) in [4.78, 5) is 0. The van der Waals surface area contributed by atoms with Crippen molar-refractivity contribution in [3.8, 4) is 0 Å². The molecule has 1 heterocycles. The highest BCUT2D eigenvalue weighted by molar-refractivity contribution is 7.94. The normalized spacial score (nSPS) is 20.0. The summed E-state index contributed by atoms with van der Waals surface area (Å²) in [6.07, 6.45) is 5.62. The quantitative estimate of drug-likeness (QED) is 0.426. The monoisotopic (exact) mass is 101 g/mol. The highest BCUT2D eigenvalue weighted by Gasteiger charge is 1.89. The van der Waals surface area contributed by atoms with Crippen LogP contribution in [0, 0.1) is 6.26 Å². The van der Waals surface area contributed by atoms with Gasteiger partial charge in [-0.3, -0.25) is 0 Å². The molecule has 0 bridgehead atoms. The van der Waals surface area contributed by atoms with E-state index in [2.05, 4.69) is 10.4 Å². The van der Waals surface area contributed by atoms with Crippen LogP contribution in [0.3, 0.4) is 0 Å². The van der Waals surface area contributed by atoms with Gasteiger partial charge in [-0.15, -0.1) is 0 Å². The molecule has 0 unspecified atom stereocenters. The highest BCUT2D eigenvalue weighted by Crippen LogP contribution is 2.09. The molecule has 6 heavy (non-hydrogen) atoms. The molecular formula is C4H5OS. The van der Waals surface area contributed by atoms with Gasteiger partial charge in [0.1, 0.15) is 0 Å². The smallest absolute Gasteiger partial charge is 0.176 e. The molecule has 0 atom stereocenters. The fourth-order valence-corrected chi connectivity index (χ4v) is 0.709. The first-order valence-electron chi connectivity index (χ1n) is 1.86. The Balaban J connectivity index is 2.26. The lowest BCUT2D eigenvalue weighted by Gasteiger charge is -1.97. The van der Waals surface area contributed by atoms with E-state index < -0.39 is 0 Å². The van der Waals surface area contributed by atoms with Crippen molar-refractivity contribution >= 4 is 12.0 Å². The van der Waals surface area contributed by atoms with Gasteiger partial charge in [-0.25, -0.2) is 0 Å². The van der Waals surface area contributed by atoms with Crippen LogP contribution in [0.5, 0.6) is 0 Å². The standard InChI is InChI=1S/C4H5OS/c1-2-4-6-5-3-1/h1H,2,4H2. The Morgan fingerprint density at radius 2 is 2.83 bits per heavy atom. The van der Waals surface area contributed by atoms with E-state index in [0.717, 1.165) is 12.2 Å². The lowest BCUT2D eigenvalue weighted by Crippen LogP contribution is -1.81. The van der Waals surface area contributed by atoms with Crippen molar-refractivity contribution in [2.24, 2.45) is 0 Å². The number of hydrogen-bond donors (Lipinski definition) is 0. The topological polar surface area (TPSA) is 9.23 Å². The van der Waals surface area contributed by atoms with Crippen LogP contribution in [0.4, 0.5) is 0 Å². The van der Waals surface area contributed by atoms with Crippen molar-refractivity contribution < 1.29 is 4.18 Å². The average molecular weight is 101 g/mol. The van der Waals surface area contributed by atoms with Gasteiger partial charge < -0.3 is 4.18 Å². The molecular weight excluding hydrogens is 96.1 g/mol. The molecule has 0 saturated heterocycles. The van der Waals surface area contributed by atoms with Crippen LogP contribution in [0.25, 0.3) is 0 Å². The van der Waals surface area contributed by atoms with E-state index in [1.54, 1.807) is 0 Å². The number of allylic oxidation sites excluding steroid dienone is 1. The van der Waals surface area contributed by atoms with E-state index in [9.17, 15) is 0 Å². The van der Waals surface area contributed by atoms with Crippen molar-refractivity contribution in [2.75, 3.05) is 5.75 Å². The molecule has 1 radical (unpaired) electrons. The Bertz CT molecular complexity index is 52.6. The maximum absolute atomic E-state index is 4.68. The van der Waals surface area contributed by atoms with Crippen LogP contribution in [0.15, 0.2) is 6.08 Å². The van der Waals surface area contributed by atoms with Gasteiger partial charge in [-0.1, -0.05) is 0 Å². The molecule has 1 nitrogen and oxygen atoms in total. The second-order valence-corrected chi connectivity index (χ2v) is 1.83. The summed E-state index contributed by atoms with van der Waals surface area (Å²) in [5, 5.41) is 0. The van der Waals surface area contributed by atoms with Crippen molar-refractivity contribution in [3.63, 3.8) is 0 Å². The molecule has 0 spiro atoms. The number of hydrogen-bond acceptors (Lipinski definition) is 2. The molecule has 0 aromatic carbocycles. The SMILES string of the molecule is [C]1=CCCSO1. The van der Waals surface area contributed by atoms with Crippen molar-refractivity contribution in [1.29, 1.82) is 0 Å². The summed E-state index contributed by atoms with van der Waals surface area (Å²) in [7, 11) is 0. The molecule has 0 amide bonds. The zero-order chi connectivity index (χ0) is 4.24. The predicted octanol–water partition coefficient (Wildman–Crippen LogP) is 1.37. The zero-order valence-corrected chi connectivity index (χ0v) is 4.12. The fourth-order valence-electron chi connectivity index (χ4n) is 0.276. The van der Waals surface area contributed by atoms with Crippen LogP contribution < -0.4 is 0 Å². The molecule has 1 rings (SSSR count). The number of rotatable bonds is 0. The van der Waals surface area contributed by atoms with E-state index >= 15 is 0 Å². The molecule has 0 N–H and O–H groups in total. The maximum Gasteiger partial charge on any atom is 0.176 e. The Hall–Kier alpha value is -0.110. The summed E-state index contributed by atoms with van der Waals surface area (Å²) in [6.45, 7) is 0. The van der Waals surface area contributed by atoms with Crippen LogP contribution in [0.2, 0.25) is 0 Å². The molecule has 33 valence electrons. The third kappa shape index (κ3) is 0.937. The van der Waals surface area contributed by atoms with E-state index in [1.165, 1.54) is 12.0 Å². The van der Waals surface area contributed by atoms with Gasteiger partial charge in [-0.2, -0.15) is 0 Å². The fraction of sp³-hybridized carbons (Fsp3) is 0.500. The van der Waals surface area contributed by atoms with Crippen molar-refractivity contribution in [2.45, 2.75) is 6.42 Å². The molecule has 0 aromatic rings. The first-order chi connectivity index (χ1) is 3.00. The van der Waals surface area contributed by atoms with E-state index in [-0.39, 0.29) is 0 Å².